The minimum atomic E-state index is -0.513. The summed E-state index contributed by atoms with van der Waals surface area (Å²) < 4.78 is 0. The molecule has 0 N–H and O–H groups in total. The largest absolute Gasteiger partial charge is 0.0974 e. The third-order valence-electron chi connectivity index (χ3n) is 1.54. The van der Waals surface area contributed by atoms with E-state index in [0.717, 1.165) is 5.25 Å². The quantitative estimate of drug-likeness (QED) is 0.576. The highest BCUT2D eigenvalue weighted by molar-refractivity contribution is 9.48. The molecule has 82 valence electrons. The number of rotatable bonds is 7. The molecule has 4 heteroatoms. The van der Waals surface area contributed by atoms with Crippen molar-refractivity contribution in [2.24, 2.45) is 0 Å². The summed E-state index contributed by atoms with van der Waals surface area (Å²) in [5.74, 6) is 2.58. The maximum absolute atomic E-state index is 2.37. The molecule has 1 atom stereocenters. The monoisotopic (exact) mass is 258 g/mol. The lowest BCUT2D eigenvalue weighted by molar-refractivity contribution is 1.11. The van der Waals surface area contributed by atoms with E-state index in [1.165, 1.54) is 17.9 Å². The van der Waals surface area contributed by atoms with E-state index in [1.54, 1.807) is 0 Å². The zero-order valence-electron chi connectivity index (χ0n) is 9.33. The molecule has 0 aliphatic heterocycles. The van der Waals surface area contributed by atoms with Crippen molar-refractivity contribution in [2.45, 2.75) is 39.4 Å². The van der Waals surface area contributed by atoms with Gasteiger partial charge in [0.05, 0.1) is 0 Å². The molecule has 0 spiro atoms. The Morgan fingerprint density at radius 2 is 1.77 bits per heavy atom. The zero-order valence-corrected chi connectivity index (χ0v) is 12.6. The number of hydrogen-bond donors (Lipinski definition) is 0. The van der Waals surface area contributed by atoms with Crippen molar-refractivity contribution in [2.75, 3.05) is 17.8 Å². The van der Waals surface area contributed by atoms with Crippen molar-refractivity contribution in [3.63, 3.8) is 0 Å². The van der Waals surface area contributed by atoms with E-state index in [2.05, 4.69) is 66.3 Å². The summed E-state index contributed by atoms with van der Waals surface area (Å²) in [6.45, 7) is 9.29. The van der Waals surface area contributed by atoms with Gasteiger partial charge in [-0.15, -0.1) is 0 Å². The van der Waals surface area contributed by atoms with Crippen molar-refractivity contribution in [1.82, 2.24) is 0 Å². The molecule has 0 aromatic heterocycles. The van der Waals surface area contributed by atoms with Gasteiger partial charge in [-0.1, -0.05) is 67.2 Å². The molecule has 0 fully saturated rings. The Kier molecular flexibility index (Phi) is 8.49. The van der Waals surface area contributed by atoms with E-state index in [0.29, 0.717) is 0 Å². The van der Waals surface area contributed by atoms with Gasteiger partial charge in [0, 0.05) is 16.8 Å². The molecule has 0 aliphatic rings. The van der Waals surface area contributed by atoms with Crippen LogP contribution in [0.3, 0.4) is 0 Å². The zero-order chi connectivity index (χ0) is 10.3. The van der Waals surface area contributed by atoms with Gasteiger partial charge in [-0.3, -0.25) is 0 Å². The highest BCUT2D eigenvalue weighted by atomic mass is 33.8. The molecule has 0 amide bonds. The summed E-state index contributed by atoms with van der Waals surface area (Å²) in [6.07, 6.45) is 3.58. The number of hydrogen-bond acceptors (Lipinski definition) is 3. The molecule has 1 unspecified atom stereocenters. The van der Waals surface area contributed by atoms with E-state index in [4.69, 9.17) is 0 Å². The van der Waals surface area contributed by atoms with E-state index >= 15 is 0 Å². The lowest BCUT2D eigenvalue weighted by atomic mass is 10.6. The van der Waals surface area contributed by atoms with Gasteiger partial charge in [0.15, 0.2) is 0 Å². The first kappa shape index (κ1) is 14.4. The van der Waals surface area contributed by atoms with Crippen molar-refractivity contribution in [3.8, 4) is 0 Å². The second kappa shape index (κ2) is 7.66. The standard InChI is InChI=1S/C9H22S4/c1-6-8-12-13(10-5,9(3)4)11-7-2/h9H,6-8H2,1-5H3. The van der Waals surface area contributed by atoms with Gasteiger partial charge in [-0.25, -0.2) is 0 Å². The minimum Gasteiger partial charge on any atom is -0.0974 e. The minimum absolute atomic E-state index is 0.513. The molecular formula is C9H22S4. The van der Waals surface area contributed by atoms with Crippen LogP contribution >= 0.6 is 39.5 Å². The van der Waals surface area contributed by atoms with Crippen molar-refractivity contribution in [1.29, 1.82) is 0 Å². The second-order valence-corrected chi connectivity index (χ2v) is 15.7. The maximum atomic E-state index is 2.37. The summed E-state index contributed by atoms with van der Waals surface area (Å²) >= 11 is 0. The fraction of sp³-hybridized carbons (Fsp3) is 1.00. The van der Waals surface area contributed by atoms with E-state index < -0.39 is 7.12 Å². The molecule has 0 saturated carbocycles. The average Bonchev–Trinajstić information content (AvgIpc) is 2.12. The molecule has 0 aromatic rings. The highest BCUT2D eigenvalue weighted by Gasteiger charge is 2.27. The topological polar surface area (TPSA) is 0 Å². The summed E-state index contributed by atoms with van der Waals surface area (Å²) in [4.78, 5) is 0. The van der Waals surface area contributed by atoms with E-state index in [-0.39, 0.29) is 0 Å². The van der Waals surface area contributed by atoms with Crippen LogP contribution in [-0.2, 0) is 0 Å². The van der Waals surface area contributed by atoms with Gasteiger partial charge in [0.2, 0.25) is 0 Å². The Morgan fingerprint density at radius 3 is 2.08 bits per heavy atom. The fourth-order valence-electron chi connectivity index (χ4n) is 0.959. The van der Waals surface area contributed by atoms with Crippen molar-refractivity contribution in [3.05, 3.63) is 0 Å². The van der Waals surface area contributed by atoms with Gasteiger partial charge in [0.1, 0.15) is 0 Å². The summed E-state index contributed by atoms with van der Waals surface area (Å²) in [5.41, 5.74) is 0. The van der Waals surface area contributed by atoms with Crippen LogP contribution in [0.2, 0.25) is 0 Å². The lowest BCUT2D eigenvalue weighted by Crippen LogP contribution is -2.01. The Bertz CT molecular complexity index is 127. The third-order valence-corrected chi connectivity index (χ3v) is 18.6. The van der Waals surface area contributed by atoms with Crippen LogP contribution in [0, 0.1) is 0 Å². The van der Waals surface area contributed by atoms with Gasteiger partial charge < -0.3 is 0 Å². The molecule has 0 radical (unpaired) electrons. The predicted molar refractivity (Wildman–Crippen MR) is 77.1 cm³/mol. The molecule has 0 bridgehead atoms. The Hall–Kier alpha value is 1.40. The van der Waals surface area contributed by atoms with Crippen LogP contribution in [-0.4, -0.2) is 23.0 Å². The Balaban J connectivity index is 4.26. The Morgan fingerprint density at radius 1 is 1.15 bits per heavy atom. The van der Waals surface area contributed by atoms with Crippen molar-refractivity contribution < 1.29 is 0 Å². The van der Waals surface area contributed by atoms with Gasteiger partial charge in [-0.05, 0) is 12.7 Å². The maximum Gasteiger partial charge on any atom is 0.00941 e. The Labute approximate surface area is 96.3 Å². The molecule has 0 heterocycles. The first-order valence-corrected chi connectivity index (χ1v) is 11.2. The smallest absolute Gasteiger partial charge is 0.00941 e. The van der Waals surface area contributed by atoms with Crippen LogP contribution in [0.5, 0.6) is 0 Å². The summed E-state index contributed by atoms with van der Waals surface area (Å²) in [7, 11) is 5.98. The van der Waals surface area contributed by atoms with Crippen LogP contribution in [0.15, 0.2) is 0 Å². The second-order valence-electron chi connectivity index (χ2n) is 2.94. The predicted octanol–water partition coefficient (Wildman–Crippen LogP) is 5.20. The SMILES string of the molecule is CCCSS(SC)(SCC)C(C)C. The van der Waals surface area contributed by atoms with Crippen LogP contribution < -0.4 is 0 Å². The van der Waals surface area contributed by atoms with Gasteiger partial charge in [0.25, 0.3) is 0 Å². The van der Waals surface area contributed by atoms with E-state index in [9.17, 15) is 0 Å². The normalized spacial score (nSPS) is 18.6. The molecule has 0 saturated heterocycles. The molecule has 0 rings (SSSR count). The van der Waals surface area contributed by atoms with Crippen LogP contribution in [0.4, 0.5) is 0 Å². The van der Waals surface area contributed by atoms with Crippen molar-refractivity contribution >= 4 is 39.5 Å². The molecule has 0 nitrogen and oxygen atoms in total. The molecular weight excluding hydrogens is 236 g/mol. The van der Waals surface area contributed by atoms with Gasteiger partial charge in [-0.2, -0.15) is 0 Å². The van der Waals surface area contributed by atoms with Crippen LogP contribution in [0.1, 0.15) is 34.1 Å². The summed E-state index contributed by atoms with van der Waals surface area (Å²) in [6, 6.07) is 0. The average molecular weight is 259 g/mol. The first-order chi connectivity index (χ1) is 6.13. The van der Waals surface area contributed by atoms with Crippen LogP contribution in [0.25, 0.3) is 0 Å². The fourth-order valence-corrected chi connectivity index (χ4v) is 13.9. The lowest BCUT2D eigenvalue weighted by Gasteiger charge is -2.39. The molecule has 0 aromatic carbocycles. The van der Waals surface area contributed by atoms with Gasteiger partial charge >= 0.3 is 0 Å². The first-order valence-electron chi connectivity index (χ1n) is 4.79. The third kappa shape index (κ3) is 4.63. The van der Waals surface area contributed by atoms with E-state index in [1.807, 2.05) is 0 Å². The molecule has 0 aliphatic carbocycles. The highest BCUT2D eigenvalue weighted by Crippen LogP contribution is 2.79. The summed E-state index contributed by atoms with van der Waals surface area (Å²) in [5, 5.41) is 0.823. The molecule has 13 heavy (non-hydrogen) atoms.